The minimum Gasteiger partial charge on any atom is -0.481 e. The van der Waals surface area contributed by atoms with E-state index >= 15 is 0 Å². The molecule has 1 atom stereocenters. The quantitative estimate of drug-likeness (QED) is 0.791. The summed E-state index contributed by atoms with van der Waals surface area (Å²) in [7, 11) is 0. The molecule has 2 aliphatic rings. The average molecular weight is 374 g/mol. The van der Waals surface area contributed by atoms with Gasteiger partial charge in [-0.15, -0.1) is 5.10 Å². The van der Waals surface area contributed by atoms with Gasteiger partial charge in [-0.05, 0) is 44.9 Å². The second-order valence-electron chi connectivity index (χ2n) is 8.80. The van der Waals surface area contributed by atoms with E-state index in [1.165, 1.54) is 6.08 Å². The maximum atomic E-state index is 12.9. The normalized spacial score (nSPS) is 22.6. The molecule has 148 valence electrons. The van der Waals surface area contributed by atoms with Crippen molar-refractivity contribution in [3.05, 3.63) is 23.7 Å². The van der Waals surface area contributed by atoms with Crippen molar-refractivity contribution in [1.82, 2.24) is 19.9 Å². The molecule has 0 radical (unpaired) electrons. The number of likely N-dealkylation sites (tertiary alicyclic amines) is 1. The molecular formula is C20H30N4O3. The SMILES string of the molecule is CC(C)Cc1cn(C[C@@H]2CCCN(C(=O)C3=CC(=O)CC(C)(C)O3)C2)nn1. The monoisotopic (exact) mass is 374 g/mol. The summed E-state index contributed by atoms with van der Waals surface area (Å²) in [5, 5.41) is 8.47. The minimum atomic E-state index is -0.625. The number of allylic oxidation sites excluding steroid dienone is 1. The van der Waals surface area contributed by atoms with Gasteiger partial charge in [-0.2, -0.15) is 0 Å². The number of hydrogen-bond acceptors (Lipinski definition) is 5. The predicted molar refractivity (Wildman–Crippen MR) is 101 cm³/mol. The van der Waals surface area contributed by atoms with Crippen LogP contribution in [-0.4, -0.2) is 50.3 Å². The Morgan fingerprint density at radius 1 is 1.41 bits per heavy atom. The highest BCUT2D eigenvalue weighted by atomic mass is 16.5. The molecule has 0 aliphatic carbocycles. The van der Waals surface area contributed by atoms with Crippen molar-refractivity contribution in [2.75, 3.05) is 13.1 Å². The molecule has 0 bridgehead atoms. The Balaban J connectivity index is 1.61. The number of rotatable bonds is 5. The highest BCUT2D eigenvalue weighted by Gasteiger charge is 2.35. The molecule has 0 saturated carbocycles. The third kappa shape index (κ3) is 5.17. The van der Waals surface area contributed by atoms with Crippen LogP contribution in [0.2, 0.25) is 0 Å². The fourth-order valence-corrected chi connectivity index (χ4v) is 3.84. The summed E-state index contributed by atoms with van der Waals surface area (Å²) in [4.78, 5) is 26.6. The van der Waals surface area contributed by atoms with E-state index in [1.807, 2.05) is 24.7 Å². The zero-order valence-corrected chi connectivity index (χ0v) is 16.8. The molecule has 0 aromatic carbocycles. The molecule has 1 aromatic rings. The van der Waals surface area contributed by atoms with Crippen LogP contribution < -0.4 is 0 Å². The third-order valence-electron chi connectivity index (χ3n) is 4.94. The predicted octanol–water partition coefficient (Wildman–Crippen LogP) is 2.37. The second-order valence-corrected chi connectivity index (χ2v) is 8.80. The van der Waals surface area contributed by atoms with E-state index in [9.17, 15) is 9.59 Å². The fourth-order valence-electron chi connectivity index (χ4n) is 3.84. The molecule has 2 aliphatic heterocycles. The molecule has 3 heterocycles. The molecule has 0 unspecified atom stereocenters. The number of hydrogen-bond donors (Lipinski definition) is 0. The lowest BCUT2D eigenvalue weighted by atomic mass is 9.96. The molecule has 7 nitrogen and oxygen atoms in total. The number of ketones is 1. The van der Waals surface area contributed by atoms with Crippen LogP contribution in [0.3, 0.4) is 0 Å². The van der Waals surface area contributed by atoms with E-state index in [1.54, 1.807) is 4.90 Å². The Bertz CT molecular complexity index is 735. The summed E-state index contributed by atoms with van der Waals surface area (Å²) in [5.74, 6) is 0.818. The van der Waals surface area contributed by atoms with Gasteiger partial charge < -0.3 is 9.64 Å². The van der Waals surface area contributed by atoms with Gasteiger partial charge in [0.1, 0.15) is 5.60 Å². The van der Waals surface area contributed by atoms with E-state index in [0.717, 1.165) is 31.5 Å². The number of carbonyl (C=O) groups is 2. The van der Waals surface area contributed by atoms with Crippen LogP contribution in [-0.2, 0) is 27.3 Å². The van der Waals surface area contributed by atoms with E-state index in [2.05, 4.69) is 24.2 Å². The van der Waals surface area contributed by atoms with Crippen LogP contribution in [0, 0.1) is 11.8 Å². The highest BCUT2D eigenvalue weighted by molar-refractivity contribution is 6.01. The first kappa shape index (κ1) is 19.6. The van der Waals surface area contributed by atoms with Crippen molar-refractivity contribution < 1.29 is 14.3 Å². The number of ether oxygens (including phenoxy) is 1. The summed E-state index contributed by atoms with van der Waals surface area (Å²) in [6, 6.07) is 0. The van der Waals surface area contributed by atoms with E-state index in [0.29, 0.717) is 31.3 Å². The second kappa shape index (κ2) is 7.82. The number of piperidine rings is 1. The maximum absolute atomic E-state index is 12.9. The molecule has 1 fully saturated rings. The van der Waals surface area contributed by atoms with Crippen molar-refractivity contribution in [1.29, 1.82) is 0 Å². The topological polar surface area (TPSA) is 77.3 Å². The van der Waals surface area contributed by atoms with E-state index in [4.69, 9.17) is 4.74 Å². The van der Waals surface area contributed by atoms with Gasteiger partial charge in [0.25, 0.3) is 5.91 Å². The first-order valence-corrected chi connectivity index (χ1v) is 9.83. The molecule has 0 spiro atoms. The van der Waals surface area contributed by atoms with Crippen LogP contribution in [0.4, 0.5) is 0 Å². The Morgan fingerprint density at radius 2 is 2.19 bits per heavy atom. The summed E-state index contributed by atoms with van der Waals surface area (Å²) < 4.78 is 7.66. The van der Waals surface area contributed by atoms with Gasteiger partial charge in [0.05, 0.1) is 5.69 Å². The van der Waals surface area contributed by atoms with Gasteiger partial charge in [-0.3, -0.25) is 14.3 Å². The van der Waals surface area contributed by atoms with Gasteiger partial charge in [0.15, 0.2) is 11.5 Å². The van der Waals surface area contributed by atoms with Crippen molar-refractivity contribution in [2.45, 2.75) is 65.5 Å². The van der Waals surface area contributed by atoms with E-state index in [-0.39, 0.29) is 17.4 Å². The molecule has 27 heavy (non-hydrogen) atoms. The molecular weight excluding hydrogens is 344 g/mol. The molecule has 1 saturated heterocycles. The van der Waals surface area contributed by atoms with Crippen LogP contribution >= 0.6 is 0 Å². The standard InChI is InChI=1S/C20H30N4O3/c1-14(2)8-16-13-24(22-21-16)12-15-6-5-7-23(11-15)19(26)18-9-17(25)10-20(3,4)27-18/h9,13-15H,5-8,10-12H2,1-4H3/t15-/m1/s1. The van der Waals surface area contributed by atoms with E-state index < -0.39 is 5.60 Å². The fraction of sp³-hybridized carbons (Fsp3) is 0.700. The molecule has 7 heteroatoms. The molecule has 1 aromatic heterocycles. The van der Waals surface area contributed by atoms with Crippen molar-refractivity contribution in [2.24, 2.45) is 11.8 Å². The lowest BCUT2D eigenvalue weighted by molar-refractivity contribution is -0.139. The van der Waals surface area contributed by atoms with Crippen LogP contribution in [0.5, 0.6) is 0 Å². The average Bonchev–Trinajstić information content (AvgIpc) is 2.98. The molecule has 1 amide bonds. The van der Waals surface area contributed by atoms with Gasteiger partial charge in [-0.1, -0.05) is 19.1 Å². The lowest BCUT2D eigenvalue weighted by Gasteiger charge is -2.36. The van der Waals surface area contributed by atoms with Crippen LogP contribution in [0.15, 0.2) is 18.0 Å². The summed E-state index contributed by atoms with van der Waals surface area (Å²) in [6.07, 6.45) is 6.57. The summed E-state index contributed by atoms with van der Waals surface area (Å²) in [6.45, 7) is 10.1. The third-order valence-corrected chi connectivity index (χ3v) is 4.94. The lowest BCUT2D eigenvalue weighted by Crippen LogP contribution is -2.44. The van der Waals surface area contributed by atoms with Gasteiger partial charge >= 0.3 is 0 Å². The highest BCUT2D eigenvalue weighted by Crippen LogP contribution is 2.27. The molecule has 3 rings (SSSR count). The number of nitrogens with zero attached hydrogens (tertiary/aromatic N) is 4. The first-order valence-electron chi connectivity index (χ1n) is 9.83. The Labute approximate surface area is 160 Å². The number of aromatic nitrogens is 3. The van der Waals surface area contributed by atoms with Gasteiger partial charge in [0, 0.05) is 38.3 Å². The first-order chi connectivity index (χ1) is 12.7. The van der Waals surface area contributed by atoms with Crippen molar-refractivity contribution in [3.8, 4) is 0 Å². The number of amides is 1. The number of carbonyl (C=O) groups excluding carboxylic acids is 2. The van der Waals surface area contributed by atoms with Crippen LogP contribution in [0.1, 0.15) is 52.7 Å². The van der Waals surface area contributed by atoms with Gasteiger partial charge in [0.2, 0.25) is 0 Å². The Kier molecular flexibility index (Phi) is 5.67. The smallest absolute Gasteiger partial charge is 0.289 e. The largest absolute Gasteiger partial charge is 0.481 e. The summed E-state index contributed by atoms with van der Waals surface area (Å²) in [5.41, 5.74) is 0.384. The zero-order chi connectivity index (χ0) is 19.6. The Hall–Kier alpha value is -2.18. The van der Waals surface area contributed by atoms with Crippen molar-refractivity contribution >= 4 is 11.7 Å². The maximum Gasteiger partial charge on any atom is 0.289 e. The van der Waals surface area contributed by atoms with Gasteiger partial charge in [-0.25, -0.2) is 0 Å². The van der Waals surface area contributed by atoms with Crippen LogP contribution in [0.25, 0.3) is 0 Å². The minimum absolute atomic E-state index is 0.0524. The summed E-state index contributed by atoms with van der Waals surface area (Å²) >= 11 is 0. The van der Waals surface area contributed by atoms with Crippen molar-refractivity contribution in [3.63, 3.8) is 0 Å². The zero-order valence-electron chi connectivity index (χ0n) is 16.8. The molecule has 0 N–H and O–H groups in total. The Morgan fingerprint density at radius 3 is 2.89 bits per heavy atom.